The molecule has 1 atom stereocenters. The predicted octanol–water partition coefficient (Wildman–Crippen LogP) is 3.31. The van der Waals surface area contributed by atoms with Crippen LogP contribution in [-0.4, -0.2) is 44.4 Å². The van der Waals surface area contributed by atoms with Crippen LogP contribution in [0.3, 0.4) is 0 Å². The first-order valence-corrected chi connectivity index (χ1v) is 11.1. The molecule has 0 saturated carbocycles. The number of nitrogens with zero attached hydrogens (tertiary/aromatic N) is 2. The molecule has 2 fully saturated rings. The van der Waals surface area contributed by atoms with E-state index < -0.39 is 10.0 Å². The van der Waals surface area contributed by atoms with Crippen molar-refractivity contribution in [3.05, 3.63) is 53.6 Å². The Kier molecular flexibility index (Phi) is 5.31. The van der Waals surface area contributed by atoms with E-state index >= 15 is 0 Å². The van der Waals surface area contributed by atoms with Gasteiger partial charge < -0.3 is 9.64 Å². The standard InChI is InChI=1S/C20H21ClN2O4S/c21-18-4-1-2-5-19(18)27-16-11-13-22(14-16)28(25,26)17-9-7-15(8-10-17)23-12-3-6-20(23)24/h1-2,4-5,7-10,16H,3,6,11-14H2. The van der Waals surface area contributed by atoms with Crippen LogP contribution in [0.5, 0.6) is 5.75 Å². The fraction of sp³-hybridized carbons (Fsp3) is 0.350. The topological polar surface area (TPSA) is 66.9 Å². The summed E-state index contributed by atoms with van der Waals surface area (Å²) in [5, 5.41) is 0.510. The third-order valence-electron chi connectivity index (χ3n) is 5.10. The Hall–Kier alpha value is -2.09. The molecule has 0 spiro atoms. The lowest BCUT2D eigenvalue weighted by molar-refractivity contribution is -0.117. The highest BCUT2D eigenvalue weighted by Gasteiger charge is 2.34. The maximum atomic E-state index is 13.0. The van der Waals surface area contributed by atoms with Crippen molar-refractivity contribution in [2.24, 2.45) is 0 Å². The summed E-state index contributed by atoms with van der Waals surface area (Å²) in [5.41, 5.74) is 0.739. The minimum Gasteiger partial charge on any atom is -0.487 e. The number of ether oxygens (including phenoxy) is 1. The minimum atomic E-state index is -3.61. The number of hydrogen-bond acceptors (Lipinski definition) is 4. The van der Waals surface area contributed by atoms with Gasteiger partial charge in [-0.3, -0.25) is 4.79 Å². The van der Waals surface area contributed by atoms with E-state index in [2.05, 4.69) is 0 Å². The van der Waals surface area contributed by atoms with E-state index in [0.29, 0.717) is 36.7 Å². The molecule has 4 rings (SSSR count). The quantitative estimate of drug-likeness (QED) is 0.744. The second kappa shape index (κ2) is 7.73. The molecule has 2 aliphatic rings. The molecule has 6 nitrogen and oxygen atoms in total. The molecule has 8 heteroatoms. The van der Waals surface area contributed by atoms with Gasteiger partial charge in [0.25, 0.3) is 0 Å². The minimum absolute atomic E-state index is 0.0784. The van der Waals surface area contributed by atoms with Gasteiger partial charge in [0, 0.05) is 25.2 Å². The monoisotopic (exact) mass is 420 g/mol. The van der Waals surface area contributed by atoms with Gasteiger partial charge in [0.1, 0.15) is 11.9 Å². The van der Waals surface area contributed by atoms with E-state index in [0.717, 1.165) is 12.1 Å². The fourth-order valence-electron chi connectivity index (χ4n) is 3.60. The average Bonchev–Trinajstić information content (AvgIpc) is 3.33. The fourth-order valence-corrected chi connectivity index (χ4v) is 5.27. The number of amides is 1. The smallest absolute Gasteiger partial charge is 0.243 e. The van der Waals surface area contributed by atoms with Crippen LogP contribution in [0.15, 0.2) is 53.4 Å². The second-order valence-corrected chi connectivity index (χ2v) is 9.31. The van der Waals surface area contributed by atoms with Crippen LogP contribution >= 0.6 is 11.6 Å². The van der Waals surface area contributed by atoms with E-state index in [-0.39, 0.29) is 23.5 Å². The van der Waals surface area contributed by atoms with Gasteiger partial charge >= 0.3 is 0 Å². The summed E-state index contributed by atoms with van der Waals surface area (Å²) < 4.78 is 33.2. The van der Waals surface area contributed by atoms with Gasteiger partial charge in [-0.05, 0) is 49.2 Å². The van der Waals surface area contributed by atoms with E-state index in [1.165, 1.54) is 4.31 Å². The molecular weight excluding hydrogens is 400 g/mol. The lowest BCUT2D eigenvalue weighted by atomic mass is 10.3. The Morgan fingerprint density at radius 2 is 1.79 bits per heavy atom. The summed E-state index contributed by atoms with van der Waals surface area (Å²) in [7, 11) is -3.61. The van der Waals surface area contributed by atoms with Gasteiger partial charge in [0.2, 0.25) is 15.9 Å². The summed E-state index contributed by atoms with van der Waals surface area (Å²) in [4.78, 5) is 13.8. The van der Waals surface area contributed by atoms with Crippen molar-refractivity contribution in [2.75, 3.05) is 24.5 Å². The zero-order valence-electron chi connectivity index (χ0n) is 15.3. The molecule has 0 N–H and O–H groups in total. The third-order valence-corrected chi connectivity index (χ3v) is 7.29. The van der Waals surface area contributed by atoms with Gasteiger partial charge in [0.15, 0.2) is 0 Å². The van der Waals surface area contributed by atoms with Crippen molar-refractivity contribution < 1.29 is 17.9 Å². The van der Waals surface area contributed by atoms with E-state index in [4.69, 9.17) is 16.3 Å². The SMILES string of the molecule is O=C1CCCN1c1ccc(S(=O)(=O)N2CCC(Oc3ccccc3Cl)C2)cc1. The number of rotatable bonds is 5. The zero-order chi connectivity index (χ0) is 19.7. The van der Waals surface area contributed by atoms with Crippen LogP contribution in [0, 0.1) is 0 Å². The maximum absolute atomic E-state index is 13.0. The highest BCUT2D eigenvalue weighted by Crippen LogP contribution is 2.29. The number of anilines is 1. The van der Waals surface area contributed by atoms with Gasteiger partial charge in [-0.2, -0.15) is 4.31 Å². The third kappa shape index (κ3) is 3.74. The molecule has 148 valence electrons. The highest BCUT2D eigenvalue weighted by atomic mass is 35.5. The Balaban J connectivity index is 1.45. The van der Waals surface area contributed by atoms with Crippen LogP contribution < -0.4 is 9.64 Å². The summed E-state index contributed by atoms with van der Waals surface area (Å²) >= 11 is 6.12. The highest BCUT2D eigenvalue weighted by molar-refractivity contribution is 7.89. The van der Waals surface area contributed by atoms with Gasteiger partial charge in [-0.25, -0.2) is 8.42 Å². The van der Waals surface area contributed by atoms with Crippen molar-refractivity contribution >= 4 is 33.2 Å². The molecular formula is C20H21ClN2O4S. The van der Waals surface area contributed by atoms with Crippen molar-refractivity contribution in [1.29, 1.82) is 0 Å². The van der Waals surface area contributed by atoms with Gasteiger partial charge in [0.05, 0.1) is 16.5 Å². The summed E-state index contributed by atoms with van der Waals surface area (Å²) in [6.07, 6.45) is 1.74. The number of para-hydroxylation sites is 1. The molecule has 2 aliphatic heterocycles. The Bertz CT molecular complexity index is 978. The van der Waals surface area contributed by atoms with Crippen LogP contribution in [0.25, 0.3) is 0 Å². The first-order chi connectivity index (χ1) is 13.4. The number of sulfonamides is 1. The number of hydrogen-bond donors (Lipinski definition) is 0. The summed E-state index contributed by atoms with van der Waals surface area (Å²) in [5.74, 6) is 0.641. The summed E-state index contributed by atoms with van der Waals surface area (Å²) in [6.45, 7) is 1.35. The molecule has 0 aliphatic carbocycles. The van der Waals surface area contributed by atoms with Gasteiger partial charge in [-0.15, -0.1) is 0 Å². The molecule has 0 bridgehead atoms. The second-order valence-electron chi connectivity index (χ2n) is 6.96. The maximum Gasteiger partial charge on any atom is 0.243 e. The largest absolute Gasteiger partial charge is 0.487 e. The molecule has 2 saturated heterocycles. The number of carbonyl (C=O) groups excluding carboxylic acids is 1. The van der Waals surface area contributed by atoms with Crippen molar-refractivity contribution in [3.63, 3.8) is 0 Å². The van der Waals surface area contributed by atoms with E-state index in [9.17, 15) is 13.2 Å². The molecule has 2 aromatic carbocycles. The molecule has 0 aromatic heterocycles. The number of benzene rings is 2. The van der Waals surface area contributed by atoms with Crippen LogP contribution in [0.2, 0.25) is 5.02 Å². The molecule has 1 unspecified atom stereocenters. The Morgan fingerprint density at radius 3 is 2.46 bits per heavy atom. The molecule has 2 heterocycles. The Labute approximate surface area is 169 Å². The first-order valence-electron chi connectivity index (χ1n) is 9.27. The average molecular weight is 421 g/mol. The normalized spacial score (nSPS) is 20.7. The van der Waals surface area contributed by atoms with Crippen LogP contribution in [-0.2, 0) is 14.8 Å². The zero-order valence-corrected chi connectivity index (χ0v) is 16.8. The molecule has 1 amide bonds. The molecule has 2 aromatic rings. The van der Waals surface area contributed by atoms with E-state index in [1.807, 2.05) is 12.1 Å². The first kappa shape index (κ1) is 19.2. The predicted molar refractivity (Wildman–Crippen MR) is 107 cm³/mol. The van der Waals surface area contributed by atoms with Crippen molar-refractivity contribution in [3.8, 4) is 5.75 Å². The lowest BCUT2D eigenvalue weighted by Gasteiger charge is -2.19. The summed E-state index contributed by atoms with van der Waals surface area (Å²) in [6, 6.07) is 13.7. The van der Waals surface area contributed by atoms with Crippen molar-refractivity contribution in [2.45, 2.75) is 30.3 Å². The van der Waals surface area contributed by atoms with Crippen molar-refractivity contribution in [1.82, 2.24) is 4.31 Å². The molecule has 28 heavy (non-hydrogen) atoms. The number of halogens is 1. The van der Waals surface area contributed by atoms with Crippen LogP contribution in [0.1, 0.15) is 19.3 Å². The van der Waals surface area contributed by atoms with E-state index in [1.54, 1.807) is 41.3 Å². The molecule has 0 radical (unpaired) electrons. The number of carbonyl (C=O) groups is 1. The Morgan fingerprint density at radius 1 is 1.04 bits per heavy atom. The van der Waals surface area contributed by atoms with Crippen LogP contribution in [0.4, 0.5) is 5.69 Å². The lowest BCUT2D eigenvalue weighted by Crippen LogP contribution is -2.31. The van der Waals surface area contributed by atoms with Gasteiger partial charge in [-0.1, -0.05) is 23.7 Å².